The summed E-state index contributed by atoms with van der Waals surface area (Å²) in [7, 11) is 0. The fraction of sp³-hybridized carbons (Fsp3) is 0.923. The maximum Gasteiger partial charge on any atom is 0.222 e. The monoisotopic (exact) mass is 272 g/mol. The molecule has 2 rings (SSSR count). The van der Waals surface area contributed by atoms with Gasteiger partial charge in [-0.25, -0.2) is 0 Å². The molecule has 0 aromatic heterocycles. The lowest BCUT2D eigenvalue weighted by molar-refractivity contribution is -0.129. The number of likely N-dealkylation sites (tertiary alicyclic amines) is 1. The van der Waals surface area contributed by atoms with Crippen LogP contribution in [0.15, 0.2) is 0 Å². The van der Waals surface area contributed by atoms with E-state index in [1.165, 1.54) is 0 Å². The van der Waals surface area contributed by atoms with Gasteiger partial charge in [0.25, 0.3) is 0 Å². The Morgan fingerprint density at radius 3 is 2.56 bits per heavy atom. The summed E-state index contributed by atoms with van der Waals surface area (Å²) in [6.07, 6.45) is 1.19. The molecule has 0 aromatic carbocycles. The van der Waals surface area contributed by atoms with Crippen LogP contribution < -0.4 is 0 Å². The third-order valence-electron chi connectivity index (χ3n) is 3.57. The molecule has 2 fully saturated rings. The molecule has 0 aliphatic carbocycles. The van der Waals surface area contributed by atoms with Gasteiger partial charge in [0.05, 0.1) is 6.10 Å². The number of β-amino-alcohol motifs (C(OH)–C–C–N with tert-alkyl or cyclic N) is 1. The van der Waals surface area contributed by atoms with Crippen molar-refractivity contribution >= 4 is 17.7 Å². The summed E-state index contributed by atoms with van der Waals surface area (Å²) in [5.41, 5.74) is 0. The average molecular weight is 272 g/mol. The number of aliphatic hydroxyl groups excluding tert-OH is 1. The van der Waals surface area contributed by atoms with Gasteiger partial charge in [0.2, 0.25) is 5.91 Å². The van der Waals surface area contributed by atoms with E-state index in [0.717, 1.165) is 26.1 Å². The summed E-state index contributed by atoms with van der Waals surface area (Å²) in [4.78, 5) is 15.6. The van der Waals surface area contributed by atoms with E-state index in [-0.39, 0.29) is 5.91 Å². The predicted molar refractivity (Wildman–Crippen MR) is 74.8 cm³/mol. The van der Waals surface area contributed by atoms with E-state index in [2.05, 4.69) is 18.7 Å². The van der Waals surface area contributed by atoms with Gasteiger partial charge < -0.3 is 10.0 Å². The van der Waals surface area contributed by atoms with Crippen molar-refractivity contribution in [3.05, 3.63) is 0 Å². The molecule has 2 saturated heterocycles. The number of carbonyl (C=O) groups excluding carboxylic acids is 1. The SMILES string of the molecule is CC1CN(CC(O)CN2CCCC2=O)CC(C)S1. The van der Waals surface area contributed by atoms with Crippen LogP contribution in [0.5, 0.6) is 0 Å². The molecule has 0 radical (unpaired) electrons. The number of amides is 1. The van der Waals surface area contributed by atoms with Gasteiger partial charge in [0.15, 0.2) is 0 Å². The van der Waals surface area contributed by atoms with Gasteiger partial charge in [0.1, 0.15) is 0 Å². The van der Waals surface area contributed by atoms with Gasteiger partial charge in [-0.15, -0.1) is 0 Å². The fourth-order valence-corrected chi connectivity index (χ4v) is 4.33. The smallest absolute Gasteiger partial charge is 0.222 e. The van der Waals surface area contributed by atoms with Crippen LogP contribution in [-0.4, -0.2) is 70.1 Å². The molecule has 2 aliphatic rings. The van der Waals surface area contributed by atoms with E-state index < -0.39 is 6.10 Å². The highest BCUT2D eigenvalue weighted by molar-refractivity contribution is 8.00. The molecule has 104 valence electrons. The maximum atomic E-state index is 11.5. The van der Waals surface area contributed by atoms with Crippen LogP contribution in [0.3, 0.4) is 0 Å². The van der Waals surface area contributed by atoms with Gasteiger partial charge in [0, 0.05) is 49.6 Å². The van der Waals surface area contributed by atoms with Gasteiger partial charge >= 0.3 is 0 Å². The zero-order chi connectivity index (χ0) is 13.1. The topological polar surface area (TPSA) is 43.8 Å². The first-order valence-electron chi connectivity index (χ1n) is 6.88. The number of hydrogen-bond acceptors (Lipinski definition) is 4. The van der Waals surface area contributed by atoms with E-state index in [4.69, 9.17) is 0 Å². The van der Waals surface area contributed by atoms with Crippen molar-refractivity contribution in [2.75, 3.05) is 32.7 Å². The van der Waals surface area contributed by atoms with Crippen LogP contribution in [0.25, 0.3) is 0 Å². The summed E-state index contributed by atoms with van der Waals surface area (Å²) in [5, 5.41) is 11.4. The normalized spacial score (nSPS) is 31.9. The van der Waals surface area contributed by atoms with Crippen LogP contribution in [0.4, 0.5) is 0 Å². The minimum atomic E-state index is -0.408. The van der Waals surface area contributed by atoms with Crippen molar-refractivity contribution in [1.29, 1.82) is 0 Å². The maximum absolute atomic E-state index is 11.5. The first kappa shape index (κ1) is 14.2. The number of nitrogens with zero attached hydrogens (tertiary/aromatic N) is 2. The Bertz CT molecular complexity index is 291. The molecule has 18 heavy (non-hydrogen) atoms. The fourth-order valence-electron chi connectivity index (χ4n) is 2.94. The molecule has 5 heteroatoms. The molecule has 1 amide bonds. The predicted octanol–water partition coefficient (Wildman–Crippen LogP) is 0.796. The Kier molecular flexibility index (Phi) is 4.92. The summed E-state index contributed by atoms with van der Waals surface area (Å²) in [6, 6.07) is 0. The highest BCUT2D eigenvalue weighted by Gasteiger charge is 2.26. The summed E-state index contributed by atoms with van der Waals surface area (Å²) in [6.45, 7) is 8.58. The van der Waals surface area contributed by atoms with E-state index >= 15 is 0 Å². The quantitative estimate of drug-likeness (QED) is 0.822. The Morgan fingerprint density at radius 1 is 1.33 bits per heavy atom. The summed E-state index contributed by atoms with van der Waals surface area (Å²) < 4.78 is 0. The standard InChI is InChI=1S/C13H24N2O2S/c1-10-6-14(7-11(2)18-10)8-12(16)9-15-5-3-4-13(15)17/h10-12,16H,3-9H2,1-2H3. The summed E-state index contributed by atoms with van der Waals surface area (Å²) in [5.74, 6) is 0.199. The Morgan fingerprint density at radius 2 is 2.00 bits per heavy atom. The van der Waals surface area contributed by atoms with Gasteiger partial charge in [-0.2, -0.15) is 11.8 Å². The molecular formula is C13H24N2O2S. The second kappa shape index (κ2) is 6.26. The van der Waals surface area contributed by atoms with Gasteiger partial charge in [-0.05, 0) is 6.42 Å². The van der Waals surface area contributed by atoms with Crippen molar-refractivity contribution in [3.63, 3.8) is 0 Å². The molecule has 0 saturated carbocycles. The second-order valence-electron chi connectivity index (χ2n) is 5.57. The lowest BCUT2D eigenvalue weighted by Crippen LogP contribution is -2.46. The number of rotatable bonds is 4. The third-order valence-corrected chi connectivity index (χ3v) is 4.79. The highest BCUT2D eigenvalue weighted by atomic mass is 32.2. The Balaban J connectivity index is 1.76. The van der Waals surface area contributed by atoms with E-state index in [9.17, 15) is 9.90 Å². The lowest BCUT2D eigenvalue weighted by Gasteiger charge is -2.36. The zero-order valence-corrected chi connectivity index (χ0v) is 12.2. The number of thioether (sulfide) groups is 1. The summed E-state index contributed by atoms with van der Waals surface area (Å²) >= 11 is 2.02. The van der Waals surface area contributed by atoms with Crippen molar-refractivity contribution in [2.45, 2.75) is 43.3 Å². The lowest BCUT2D eigenvalue weighted by atomic mass is 10.2. The third kappa shape index (κ3) is 3.87. The second-order valence-corrected chi connectivity index (χ2v) is 7.45. The molecule has 0 bridgehead atoms. The average Bonchev–Trinajstić information content (AvgIpc) is 2.62. The molecule has 1 N–H and O–H groups in total. The molecule has 3 unspecified atom stereocenters. The molecule has 2 heterocycles. The Hall–Kier alpha value is -0.260. The van der Waals surface area contributed by atoms with Crippen LogP contribution in [0, 0.1) is 0 Å². The number of hydrogen-bond donors (Lipinski definition) is 1. The van der Waals surface area contributed by atoms with Crippen molar-refractivity contribution in [1.82, 2.24) is 9.80 Å². The molecule has 2 aliphatic heterocycles. The minimum Gasteiger partial charge on any atom is -0.390 e. The number of aliphatic hydroxyl groups is 1. The molecular weight excluding hydrogens is 248 g/mol. The van der Waals surface area contributed by atoms with Crippen molar-refractivity contribution < 1.29 is 9.90 Å². The number of carbonyl (C=O) groups is 1. The largest absolute Gasteiger partial charge is 0.390 e. The molecule has 0 aromatic rings. The minimum absolute atomic E-state index is 0.199. The van der Waals surface area contributed by atoms with E-state index in [1.807, 2.05) is 11.8 Å². The first-order chi connectivity index (χ1) is 8.54. The van der Waals surface area contributed by atoms with Crippen LogP contribution in [0.2, 0.25) is 0 Å². The molecule has 3 atom stereocenters. The zero-order valence-electron chi connectivity index (χ0n) is 11.3. The van der Waals surface area contributed by atoms with Crippen molar-refractivity contribution in [2.24, 2.45) is 0 Å². The van der Waals surface area contributed by atoms with E-state index in [1.54, 1.807) is 4.90 Å². The van der Waals surface area contributed by atoms with Crippen LogP contribution in [0.1, 0.15) is 26.7 Å². The molecule has 4 nitrogen and oxygen atoms in total. The van der Waals surface area contributed by atoms with E-state index in [0.29, 0.717) is 30.0 Å². The van der Waals surface area contributed by atoms with Crippen molar-refractivity contribution in [3.8, 4) is 0 Å². The molecule has 0 spiro atoms. The Labute approximate surface area is 114 Å². The first-order valence-corrected chi connectivity index (χ1v) is 7.82. The van der Waals surface area contributed by atoms with Gasteiger partial charge in [-0.1, -0.05) is 13.8 Å². The highest BCUT2D eigenvalue weighted by Crippen LogP contribution is 2.24. The van der Waals surface area contributed by atoms with Crippen LogP contribution in [-0.2, 0) is 4.79 Å². The van der Waals surface area contributed by atoms with Crippen LogP contribution >= 0.6 is 11.8 Å². The van der Waals surface area contributed by atoms with Gasteiger partial charge in [-0.3, -0.25) is 9.69 Å².